The summed E-state index contributed by atoms with van der Waals surface area (Å²) in [4.78, 5) is 11.4. The zero-order chi connectivity index (χ0) is 13.0. The topological polar surface area (TPSA) is 50.4 Å². The zero-order valence-corrected chi connectivity index (χ0v) is 10.3. The minimum absolute atomic E-state index is 0.0407. The first-order valence-electron chi connectivity index (χ1n) is 6.06. The first kappa shape index (κ1) is 12.7. The molecule has 0 radical (unpaired) electrons. The van der Waals surface area contributed by atoms with E-state index in [-0.39, 0.29) is 11.7 Å². The molecule has 2 rings (SSSR count). The smallest absolute Gasteiger partial charge is 0.221 e. The van der Waals surface area contributed by atoms with E-state index in [0.29, 0.717) is 24.7 Å². The standard InChI is InChI=1S/C13H17FN2O2/c1-18-12-5-4-10(8-11(12)14)15-7-6-13(17)16-9-2-3-9/h4-5,8-9,15H,2-3,6-7H2,1H3,(H,16,17). The molecule has 0 spiro atoms. The average molecular weight is 252 g/mol. The van der Waals surface area contributed by atoms with Crippen molar-refractivity contribution in [1.82, 2.24) is 5.32 Å². The molecule has 0 bridgehead atoms. The van der Waals surface area contributed by atoms with E-state index in [1.807, 2.05) is 0 Å². The second-order valence-corrected chi connectivity index (χ2v) is 4.37. The Morgan fingerprint density at radius 3 is 2.89 bits per heavy atom. The lowest BCUT2D eigenvalue weighted by Gasteiger charge is -2.08. The summed E-state index contributed by atoms with van der Waals surface area (Å²) in [5, 5.41) is 5.90. The Hall–Kier alpha value is -1.78. The van der Waals surface area contributed by atoms with Gasteiger partial charge in [0.2, 0.25) is 5.91 Å². The molecule has 5 heteroatoms. The normalized spacial score (nSPS) is 14.1. The second kappa shape index (κ2) is 5.71. The van der Waals surface area contributed by atoms with Crippen LogP contribution in [0.3, 0.4) is 0 Å². The van der Waals surface area contributed by atoms with Crippen LogP contribution in [0, 0.1) is 5.82 Å². The number of amides is 1. The largest absolute Gasteiger partial charge is 0.494 e. The van der Waals surface area contributed by atoms with Gasteiger partial charge in [-0.25, -0.2) is 4.39 Å². The van der Waals surface area contributed by atoms with E-state index in [0.717, 1.165) is 12.8 Å². The third-order valence-corrected chi connectivity index (χ3v) is 2.78. The molecule has 0 aromatic heterocycles. The maximum absolute atomic E-state index is 13.4. The molecule has 1 aliphatic carbocycles. The van der Waals surface area contributed by atoms with Crippen molar-refractivity contribution in [1.29, 1.82) is 0 Å². The van der Waals surface area contributed by atoms with Crippen LogP contribution in [-0.2, 0) is 4.79 Å². The molecule has 98 valence electrons. The van der Waals surface area contributed by atoms with Crippen LogP contribution >= 0.6 is 0 Å². The van der Waals surface area contributed by atoms with Crippen molar-refractivity contribution < 1.29 is 13.9 Å². The predicted octanol–water partition coefficient (Wildman–Crippen LogP) is 1.91. The highest BCUT2D eigenvalue weighted by Gasteiger charge is 2.22. The second-order valence-electron chi connectivity index (χ2n) is 4.37. The van der Waals surface area contributed by atoms with Crippen LogP contribution in [0.1, 0.15) is 19.3 Å². The first-order chi connectivity index (χ1) is 8.69. The van der Waals surface area contributed by atoms with Crippen molar-refractivity contribution >= 4 is 11.6 Å². The van der Waals surface area contributed by atoms with Crippen LogP contribution in [0.5, 0.6) is 5.75 Å². The molecular weight excluding hydrogens is 235 g/mol. The van der Waals surface area contributed by atoms with Crippen molar-refractivity contribution in [2.45, 2.75) is 25.3 Å². The number of methoxy groups -OCH3 is 1. The van der Waals surface area contributed by atoms with Crippen LogP contribution < -0.4 is 15.4 Å². The van der Waals surface area contributed by atoms with Gasteiger partial charge < -0.3 is 15.4 Å². The highest BCUT2D eigenvalue weighted by atomic mass is 19.1. The average Bonchev–Trinajstić information content (AvgIpc) is 3.13. The van der Waals surface area contributed by atoms with Gasteiger partial charge >= 0.3 is 0 Å². The number of halogens is 1. The predicted molar refractivity (Wildman–Crippen MR) is 67.2 cm³/mol. The fourth-order valence-corrected chi connectivity index (χ4v) is 1.62. The number of anilines is 1. The maximum Gasteiger partial charge on any atom is 0.221 e. The van der Waals surface area contributed by atoms with E-state index >= 15 is 0 Å². The summed E-state index contributed by atoms with van der Waals surface area (Å²) in [5.41, 5.74) is 0.646. The summed E-state index contributed by atoms with van der Waals surface area (Å²) in [6.07, 6.45) is 2.57. The Labute approximate surface area is 106 Å². The third kappa shape index (κ3) is 3.61. The van der Waals surface area contributed by atoms with Crippen molar-refractivity contribution in [2.75, 3.05) is 19.0 Å². The van der Waals surface area contributed by atoms with Gasteiger partial charge in [-0.3, -0.25) is 4.79 Å². The fraction of sp³-hybridized carbons (Fsp3) is 0.462. The Morgan fingerprint density at radius 1 is 1.50 bits per heavy atom. The summed E-state index contributed by atoms with van der Waals surface area (Å²) >= 11 is 0. The van der Waals surface area contributed by atoms with E-state index in [1.165, 1.54) is 13.2 Å². The molecule has 1 aromatic carbocycles. The number of carbonyl (C=O) groups is 1. The van der Waals surface area contributed by atoms with Crippen LogP contribution in [-0.4, -0.2) is 25.6 Å². The molecule has 0 heterocycles. The van der Waals surface area contributed by atoms with Gasteiger partial charge in [0.15, 0.2) is 11.6 Å². The quantitative estimate of drug-likeness (QED) is 0.813. The van der Waals surface area contributed by atoms with Gasteiger partial charge in [-0.15, -0.1) is 0 Å². The van der Waals surface area contributed by atoms with Gasteiger partial charge in [-0.1, -0.05) is 0 Å². The van der Waals surface area contributed by atoms with E-state index in [4.69, 9.17) is 4.74 Å². The summed E-state index contributed by atoms with van der Waals surface area (Å²) in [6, 6.07) is 5.02. The van der Waals surface area contributed by atoms with Crippen molar-refractivity contribution in [3.63, 3.8) is 0 Å². The Bertz CT molecular complexity index is 433. The number of nitrogens with one attached hydrogen (secondary N) is 2. The van der Waals surface area contributed by atoms with Gasteiger partial charge in [0.05, 0.1) is 7.11 Å². The highest BCUT2D eigenvalue weighted by molar-refractivity contribution is 5.77. The molecular formula is C13H17FN2O2. The summed E-state index contributed by atoms with van der Waals surface area (Å²) < 4.78 is 18.2. The molecule has 1 aromatic rings. The van der Waals surface area contributed by atoms with E-state index in [1.54, 1.807) is 12.1 Å². The van der Waals surface area contributed by atoms with E-state index < -0.39 is 5.82 Å². The molecule has 0 saturated heterocycles. The molecule has 4 nitrogen and oxygen atoms in total. The number of rotatable bonds is 6. The Kier molecular flexibility index (Phi) is 4.02. The van der Waals surface area contributed by atoms with E-state index in [2.05, 4.69) is 10.6 Å². The highest BCUT2D eigenvalue weighted by Crippen LogP contribution is 2.21. The van der Waals surface area contributed by atoms with Gasteiger partial charge in [0.25, 0.3) is 0 Å². The van der Waals surface area contributed by atoms with Gasteiger partial charge in [-0.2, -0.15) is 0 Å². The van der Waals surface area contributed by atoms with Crippen molar-refractivity contribution in [3.8, 4) is 5.75 Å². The Morgan fingerprint density at radius 2 is 2.28 bits per heavy atom. The summed E-state index contributed by atoms with van der Waals surface area (Å²) in [6.45, 7) is 0.490. The van der Waals surface area contributed by atoms with Crippen LogP contribution in [0.4, 0.5) is 10.1 Å². The third-order valence-electron chi connectivity index (χ3n) is 2.78. The SMILES string of the molecule is COc1ccc(NCCC(=O)NC2CC2)cc1F. The number of ether oxygens (including phenoxy) is 1. The monoisotopic (exact) mass is 252 g/mol. The molecule has 0 atom stereocenters. The number of carbonyl (C=O) groups excluding carboxylic acids is 1. The molecule has 0 unspecified atom stereocenters. The first-order valence-corrected chi connectivity index (χ1v) is 6.06. The number of hydrogen-bond acceptors (Lipinski definition) is 3. The minimum Gasteiger partial charge on any atom is -0.494 e. The molecule has 1 fully saturated rings. The minimum atomic E-state index is -0.412. The lowest BCUT2D eigenvalue weighted by molar-refractivity contribution is -0.120. The van der Waals surface area contributed by atoms with Crippen molar-refractivity contribution in [2.24, 2.45) is 0 Å². The lowest BCUT2D eigenvalue weighted by atomic mass is 10.2. The fourth-order valence-electron chi connectivity index (χ4n) is 1.62. The maximum atomic E-state index is 13.4. The van der Waals surface area contributed by atoms with Gasteiger partial charge in [-0.05, 0) is 25.0 Å². The molecule has 0 aliphatic heterocycles. The number of hydrogen-bond donors (Lipinski definition) is 2. The molecule has 1 aliphatic rings. The van der Waals surface area contributed by atoms with Crippen LogP contribution in [0.15, 0.2) is 18.2 Å². The lowest BCUT2D eigenvalue weighted by Crippen LogP contribution is -2.27. The van der Waals surface area contributed by atoms with Crippen molar-refractivity contribution in [3.05, 3.63) is 24.0 Å². The summed E-state index contributed by atoms with van der Waals surface area (Å²) in [5.74, 6) is -0.157. The number of benzene rings is 1. The van der Waals surface area contributed by atoms with Gasteiger partial charge in [0.1, 0.15) is 0 Å². The van der Waals surface area contributed by atoms with Crippen LogP contribution in [0.25, 0.3) is 0 Å². The van der Waals surface area contributed by atoms with E-state index in [9.17, 15) is 9.18 Å². The molecule has 18 heavy (non-hydrogen) atoms. The zero-order valence-electron chi connectivity index (χ0n) is 10.3. The molecule has 2 N–H and O–H groups in total. The summed E-state index contributed by atoms with van der Waals surface area (Å²) in [7, 11) is 1.42. The molecule has 1 saturated carbocycles. The van der Waals surface area contributed by atoms with Crippen LogP contribution in [0.2, 0.25) is 0 Å². The molecule has 1 amide bonds. The Balaban J connectivity index is 1.75. The van der Waals surface area contributed by atoms with Gasteiger partial charge in [0, 0.05) is 30.8 Å².